The second kappa shape index (κ2) is 5.21. The molecule has 0 fully saturated rings. The number of benzene rings is 2. The summed E-state index contributed by atoms with van der Waals surface area (Å²) < 4.78 is 23.1. The van der Waals surface area contributed by atoms with Crippen LogP contribution in [-0.2, 0) is 9.73 Å². The van der Waals surface area contributed by atoms with Crippen LogP contribution in [0.3, 0.4) is 0 Å². The van der Waals surface area contributed by atoms with E-state index in [0.29, 0.717) is 27.2 Å². The molecule has 0 aromatic heterocycles. The fourth-order valence-corrected chi connectivity index (χ4v) is 4.16. The zero-order valence-electron chi connectivity index (χ0n) is 11.7. The molecule has 1 unspecified atom stereocenters. The van der Waals surface area contributed by atoms with Crippen molar-refractivity contribution in [2.45, 2.75) is 9.79 Å². The van der Waals surface area contributed by atoms with Gasteiger partial charge in [-0.15, -0.1) is 0 Å². The van der Waals surface area contributed by atoms with Crippen LogP contribution in [0.1, 0.15) is 0 Å². The van der Waals surface area contributed by atoms with Gasteiger partial charge in [0.2, 0.25) is 5.96 Å². The average Bonchev–Trinajstić information content (AvgIpc) is 2.55. The zero-order chi connectivity index (χ0) is 14.9. The SMILES string of the molecule is CNC1=Nc2ccc(OC)cc2S(=O)(c2ccccc2)=N1. The highest BCUT2D eigenvalue weighted by molar-refractivity contribution is 7.94. The molecule has 1 aliphatic heterocycles. The van der Waals surface area contributed by atoms with E-state index in [4.69, 9.17) is 4.74 Å². The lowest BCUT2D eigenvalue weighted by atomic mass is 10.3. The van der Waals surface area contributed by atoms with Crippen molar-refractivity contribution in [2.75, 3.05) is 14.2 Å². The van der Waals surface area contributed by atoms with E-state index >= 15 is 0 Å². The molecule has 5 nitrogen and oxygen atoms in total. The van der Waals surface area contributed by atoms with Crippen LogP contribution in [0.5, 0.6) is 5.75 Å². The van der Waals surface area contributed by atoms with Crippen LogP contribution < -0.4 is 10.1 Å². The van der Waals surface area contributed by atoms with Crippen molar-refractivity contribution in [3.8, 4) is 5.75 Å². The van der Waals surface area contributed by atoms with Gasteiger partial charge in [0, 0.05) is 7.05 Å². The summed E-state index contributed by atoms with van der Waals surface area (Å²) in [7, 11) is 0.517. The smallest absolute Gasteiger partial charge is 0.232 e. The van der Waals surface area contributed by atoms with Gasteiger partial charge in [-0.2, -0.15) is 4.36 Å². The Labute approximate surface area is 123 Å². The third-order valence-electron chi connectivity index (χ3n) is 3.19. The van der Waals surface area contributed by atoms with E-state index in [-0.39, 0.29) is 0 Å². The largest absolute Gasteiger partial charge is 0.497 e. The van der Waals surface area contributed by atoms with Gasteiger partial charge in [-0.3, -0.25) is 0 Å². The summed E-state index contributed by atoms with van der Waals surface area (Å²) in [5.74, 6) is 0.997. The van der Waals surface area contributed by atoms with E-state index < -0.39 is 9.73 Å². The minimum atomic E-state index is -2.77. The molecule has 0 aliphatic carbocycles. The van der Waals surface area contributed by atoms with Gasteiger partial charge >= 0.3 is 0 Å². The molecule has 0 spiro atoms. The second-order valence-corrected chi connectivity index (χ2v) is 6.59. The highest BCUT2D eigenvalue weighted by Gasteiger charge is 2.25. The monoisotopic (exact) mass is 301 g/mol. The van der Waals surface area contributed by atoms with Crippen LogP contribution >= 0.6 is 0 Å². The first kappa shape index (κ1) is 13.6. The number of guanidine groups is 1. The highest BCUT2D eigenvalue weighted by atomic mass is 32.2. The van der Waals surface area contributed by atoms with Crippen LogP contribution in [-0.4, -0.2) is 24.3 Å². The molecule has 1 N–H and O–H groups in total. The molecule has 0 radical (unpaired) electrons. The number of ether oxygens (including phenoxy) is 1. The maximum absolute atomic E-state index is 13.5. The summed E-state index contributed by atoms with van der Waals surface area (Å²) in [6, 6.07) is 14.5. The average molecular weight is 301 g/mol. The number of fused-ring (bicyclic) bond motifs is 1. The molecule has 1 atom stereocenters. The minimum absolute atomic E-state index is 0.363. The van der Waals surface area contributed by atoms with E-state index in [2.05, 4.69) is 14.7 Å². The van der Waals surface area contributed by atoms with E-state index in [9.17, 15) is 4.21 Å². The predicted molar refractivity (Wildman–Crippen MR) is 82.7 cm³/mol. The van der Waals surface area contributed by atoms with Crippen molar-refractivity contribution >= 4 is 21.4 Å². The van der Waals surface area contributed by atoms with Gasteiger partial charge < -0.3 is 10.1 Å². The second-order valence-electron chi connectivity index (χ2n) is 4.45. The number of methoxy groups -OCH3 is 1. The van der Waals surface area contributed by atoms with Crippen molar-refractivity contribution in [3.63, 3.8) is 0 Å². The van der Waals surface area contributed by atoms with Gasteiger partial charge in [0.1, 0.15) is 15.5 Å². The zero-order valence-corrected chi connectivity index (χ0v) is 12.6. The third-order valence-corrected chi connectivity index (χ3v) is 5.46. The van der Waals surface area contributed by atoms with Gasteiger partial charge in [0.25, 0.3) is 0 Å². The topological polar surface area (TPSA) is 63.1 Å². The summed E-state index contributed by atoms with van der Waals surface area (Å²) in [6.45, 7) is 0. The molecule has 0 amide bonds. The maximum Gasteiger partial charge on any atom is 0.232 e. The van der Waals surface area contributed by atoms with Crippen LogP contribution in [0.2, 0.25) is 0 Å². The summed E-state index contributed by atoms with van der Waals surface area (Å²) in [4.78, 5) is 5.60. The molecular formula is C15H15N3O2S. The molecule has 0 saturated carbocycles. The first-order valence-corrected chi connectivity index (χ1v) is 7.95. The molecule has 3 rings (SSSR count). The van der Waals surface area contributed by atoms with Gasteiger partial charge in [0.05, 0.1) is 22.6 Å². The first-order valence-electron chi connectivity index (χ1n) is 6.44. The molecule has 1 heterocycles. The molecular weight excluding hydrogens is 286 g/mol. The lowest BCUT2D eigenvalue weighted by Gasteiger charge is -2.18. The van der Waals surface area contributed by atoms with Crippen molar-refractivity contribution in [3.05, 3.63) is 48.5 Å². The molecule has 0 saturated heterocycles. The van der Waals surface area contributed by atoms with Crippen molar-refractivity contribution in [1.29, 1.82) is 0 Å². The van der Waals surface area contributed by atoms with E-state index in [1.165, 1.54) is 0 Å². The summed E-state index contributed by atoms with van der Waals surface area (Å²) in [6.07, 6.45) is 0. The lowest BCUT2D eigenvalue weighted by Crippen LogP contribution is -2.21. The Morgan fingerprint density at radius 1 is 1.14 bits per heavy atom. The Morgan fingerprint density at radius 2 is 1.90 bits per heavy atom. The summed E-state index contributed by atoms with van der Waals surface area (Å²) in [5.41, 5.74) is 0.643. The molecule has 21 heavy (non-hydrogen) atoms. The highest BCUT2D eigenvalue weighted by Crippen LogP contribution is 2.37. The number of nitrogens with zero attached hydrogens (tertiary/aromatic N) is 2. The van der Waals surface area contributed by atoms with E-state index in [1.54, 1.807) is 32.4 Å². The molecule has 2 aromatic carbocycles. The minimum Gasteiger partial charge on any atom is -0.497 e. The van der Waals surface area contributed by atoms with Crippen molar-refractivity contribution < 1.29 is 8.95 Å². The van der Waals surface area contributed by atoms with Crippen LogP contribution in [0.25, 0.3) is 0 Å². The number of nitrogens with one attached hydrogen (secondary N) is 1. The number of aliphatic imine (C=N–C) groups is 1. The van der Waals surface area contributed by atoms with E-state index in [1.807, 2.05) is 30.3 Å². The van der Waals surface area contributed by atoms with Crippen molar-refractivity contribution in [1.82, 2.24) is 5.32 Å². The lowest BCUT2D eigenvalue weighted by molar-refractivity contribution is 0.413. The number of hydrogen-bond donors (Lipinski definition) is 1. The van der Waals surface area contributed by atoms with E-state index in [0.717, 1.165) is 0 Å². The molecule has 0 bridgehead atoms. The Balaban J connectivity index is 2.32. The van der Waals surface area contributed by atoms with Gasteiger partial charge in [-0.05, 0) is 30.3 Å². The number of hydrogen-bond acceptors (Lipinski definition) is 5. The number of rotatable bonds is 2. The third kappa shape index (κ3) is 2.27. The van der Waals surface area contributed by atoms with Gasteiger partial charge in [-0.1, -0.05) is 18.2 Å². The van der Waals surface area contributed by atoms with Crippen LogP contribution in [0, 0.1) is 0 Å². The molecule has 2 aromatic rings. The Hall–Kier alpha value is -2.34. The molecule has 6 heteroatoms. The normalized spacial score (nSPS) is 20.0. The first-order chi connectivity index (χ1) is 10.2. The molecule has 108 valence electrons. The summed E-state index contributed by atoms with van der Waals surface area (Å²) >= 11 is 0. The standard InChI is InChI=1S/C15H15N3O2S/c1-16-15-17-13-9-8-11(20-2)10-14(13)21(19,18-15)12-6-4-3-5-7-12/h3-10H,1-2H3,(H,16,17,18,19). The Morgan fingerprint density at radius 3 is 2.57 bits per heavy atom. The van der Waals surface area contributed by atoms with Crippen molar-refractivity contribution in [2.24, 2.45) is 9.36 Å². The van der Waals surface area contributed by atoms with Crippen LogP contribution in [0.4, 0.5) is 5.69 Å². The van der Waals surface area contributed by atoms with Gasteiger partial charge in [-0.25, -0.2) is 9.20 Å². The molecule has 1 aliphatic rings. The van der Waals surface area contributed by atoms with Gasteiger partial charge in [0.15, 0.2) is 0 Å². The predicted octanol–water partition coefficient (Wildman–Crippen LogP) is 2.80. The quantitative estimate of drug-likeness (QED) is 0.927. The maximum atomic E-state index is 13.5. The Bertz CT molecular complexity index is 822. The Kier molecular flexibility index (Phi) is 3.39. The fraction of sp³-hybridized carbons (Fsp3) is 0.133. The van der Waals surface area contributed by atoms with Crippen LogP contribution in [0.15, 0.2) is 67.7 Å². The fourth-order valence-electron chi connectivity index (χ4n) is 2.13. The summed E-state index contributed by atoms with van der Waals surface area (Å²) in [5, 5.41) is 2.87.